The van der Waals surface area contributed by atoms with E-state index in [1.54, 1.807) is 6.07 Å². The van der Waals surface area contributed by atoms with Gasteiger partial charge in [-0.15, -0.1) is 0 Å². The van der Waals surface area contributed by atoms with Gasteiger partial charge < -0.3 is 14.8 Å². The summed E-state index contributed by atoms with van der Waals surface area (Å²) in [6.07, 6.45) is 1.27. The number of carboxylic acid groups (broad SMARTS) is 1. The highest BCUT2D eigenvalue weighted by Crippen LogP contribution is 2.07. The molecular weight excluding hydrogens is 244 g/mol. The van der Waals surface area contributed by atoms with E-state index in [-0.39, 0.29) is 5.56 Å². The van der Waals surface area contributed by atoms with Gasteiger partial charge in [-0.25, -0.2) is 4.79 Å². The fourth-order valence-electron chi connectivity index (χ4n) is 2.12. The van der Waals surface area contributed by atoms with Crippen LogP contribution < -0.4 is 5.32 Å². The zero-order chi connectivity index (χ0) is 14.4. The Kier molecular flexibility index (Phi) is 6.05. The molecule has 0 spiro atoms. The lowest BCUT2D eigenvalue weighted by molar-refractivity contribution is 0.0696. The van der Waals surface area contributed by atoms with E-state index < -0.39 is 5.97 Å². The van der Waals surface area contributed by atoms with Gasteiger partial charge in [0.25, 0.3) is 0 Å². The Labute approximate surface area is 114 Å². The molecule has 0 aromatic carbocycles. The highest BCUT2D eigenvalue weighted by Gasteiger charge is 2.12. The smallest absolute Gasteiger partial charge is 0.338 e. The molecular formula is C14H24N2O3. The van der Waals surface area contributed by atoms with E-state index in [0.717, 1.165) is 13.1 Å². The molecule has 5 heteroatoms. The molecule has 1 aromatic heterocycles. The van der Waals surface area contributed by atoms with Crippen molar-refractivity contribution in [1.29, 1.82) is 0 Å². The van der Waals surface area contributed by atoms with E-state index in [0.29, 0.717) is 24.4 Å². The number of nitrogens with one attached hydrogen (secondary N) is 1. The largest absolute Gasteiger partial charge is 0.478 e. The topological polar surface area (TPSA) is 65.7 Å². The van der Waals surface area contributed by atoms with Crippen LogP contribution in [0.3, 0.4) is 0 Å². The van der Waals surface area contributed by atoms with Crippen molar-refractivity contribution in [3.8, 4) is 0 Å². The van der Waals surface area contributed by atoms with E-state index in [2.05, 4.69) is 37.9 Å². The van der Waals surface area contributed by atoms with Crippen LogP contribution in [-0.4, -0.2) is 41.1 Å². The van der Waals surface area contributed by atoms with E-state index in [1.165, 1.54) is 6.26 Å². The van der Waals surface area contributed by atoms with Gasteiger partial charge in [-0.05, 0) is 33.8 Å². The molecule has 2 N–H and O–H groups in total. The van der Waals surface area contributed by atoms with Crippen molar-refractivity contribution in [2.45, 2.75) is 46.3 Å². The van der Waals surface area contributed by atoms with E-state index in [1.807, 2.05) is 0 Å². The summed E-state index contributed by atoms with van der Waals surface area (Å²) in [7, 11) is 0. The third-order valence-electron chi connectivity index (χ3n) is 3.07. The van der Waals surface area contributed by atoms with Crippen LogP contribution in [0.15, 0.2) is 16.7 Å². The number of hydrogen-bond donors (Lipinski definition) is 2. The summed E-state index contributed by atoms with van der Waals surface area (Å²) >= 11 is 0. The van der Waals surface area contributed by atoms with Crippen molar-refractivity contribution in [2.24, 2.45) is 0 Å². The van der Waals surface area contributed by atoms with Crippen LogP contribution in [0.1, 0.15) is 43.8 Å². The monoisotopic (exact) mass is 268 g/mol. The second-order valence-electron chi connectivity index (χ2n) is 5.21. The number of aromatic carboxylic acids is 1. The second-order valence-corrected chi connectivity index (χ2v) is 5.21. The molecule has 0 unspecified atom stereocenters. The standard InChI is InChI=1S/C14H24N2O3/c1-10(2)16(11(3)4)6-5-15-8-13-7-12(9-19-13)14(17)18/h7,9-11,15H,5-6,8H2,1-4H3,(H,17,18). The summed E-state index contributed by atoms with van der Waals surface area (Å²) in [5.74, 6) is -0.307. The molecule has 1 aromatic rings. The van der Waals surface area contributed by atoms with E-state index in [4.69, 9.17) is 9.52 Å². The molecule has 0 aliphatic rings. The molecule has 0 saturated heterocycles. The molecule has 0 aliphatic carbocycles. The van der Waals surface area contributed by atoms with Crippen LogP contribution in [0, 0.1) is 0 Å². The minimum Gasteiger partial charge on any atom is -0.478 e. The summed E-state index contributed by atoms with van der Waals surface area (Å²) < 4.78 is 5.17. The first kappa shape index (κ1) is 15.7. The predicted octanol–water partition coefficient (Wildman–Crippen LogP) is 2.19. The maximum Gasteiger partial charge on any atom is 0.338 e. The Morgan fingerprint density at radius 2 is 2.00 bits per heavy atom. The fourth-order valence-corrected chi connectivity index (χ4v) is 2.12. The van der Waals surface area contributed by atoms with Crippen LogP contribution in [0.25, 0.3) is 0 Å². The molecule has 0 atom stereocenters. The van der Waals surface area contributed by atoms with Crippen LogP contribution in [0.2, 0.25) is 0 Å². The minimum atomic E-state index is -0.958. The molecule has 1 heterocycles. The SMILES string of the molecule is CC(C)N(CCNCc1cc(C(=O)O)co1)C(C)C. The Hall–Kier alpha value is -1.33. The quantitative estimate of drug-likeness (QED) is 0.707. The first-order chi connectivity index (χ1) is 8.91. The molecule has 1 rings (SSSR count). The van der Waals surface area contributed by atoms with E-state index in [9.17, 15) is 4.79 Å². The molecule has 0 radical (unpaired) electrons. The number of furan rings is 1. The molecule has 0 saturated carbocycles. The average Bonchev–Trinajstić information content (AvgIpc) is 2.76. The Balaban J connectivity index is 2.31. The van der Waals surface area contributed by atoms with Gasteiger partial charge in [0.05, 0.1) is 12.1 Å². The first-order valence-electron chi connectivity index (χ1n) is 6.69. The summed E-state index contributed by atoms with van der Waals surface area (Å²) in [5.41, 5.74) is 0.197. The molecule has 0 aliphatic heterocycles. The van der Waals surface area contributed by atoms with Crippen LogP contribution in [0.5, 0.6) is 0 Å². The second kappa shape index (κ2) is 7.31. The van der Waals surface area contributed by atoms with Gasteiger partial charge >= 0.3 is 5.97 Å². The maximum atomic E-state index is 10.7. The van der Waals surface area contributed by atoms with Crippen LogP contribution in [-0.2, 0) is 6.54 Å². The molecule has 108 valence electrons. The van der Waals surface area contributed by atoms with Crippen molar-refractivity contribution >= 4 is 5.97 Å². The third kappa shape index (κ3) is 5.04. The number of carbonyl (C=O) groups is 1. The summed E-state index contributed by atoms with van der Waals surface area (Å²) in [4.78, 5) is 13.1. The van der Waals surface area contributed by atoms with Crippen molar-refractivity contribution in [1.82, 2.24) is 10.2 Å². The molecule has 0 bridgehead atoms. The highest BCUT2D eigenvalue weighted by molar-refractivity contribution is 5.87. The van der Waals surface area contributed by atoms with Gasteiger partial charge in [0.15, 0.2) is 0 Å². The number of rotatable bonds is 8. The molecule has 0 amide bonds. The van der Waals surface area contributed by atoms with Gasteiger partial charge in [0.2, 0.25) is 0 Å². The van der Waals surface area contributed by atoms with Crippen LogP contribution in [0.4, 0.5) is 0 Å². The summed E-state index contributed by atoms with van der Waals surface area (Å²) in [6, 6.07) is 2.59. The van der Waals surface area contributed by atoms with Crippen molar-refractivity contribution in [2.75, 3.05) is 13.1 Å². The average molecular weight is 268 g/mol. The normalized spacial score (nSPS) is 11.7. The Morgan fingerprint density at radius 3 is 2.47 bits per heavy atom. The van der Waals surface area contributed by atoms with Gasteiger partial charge in [-0.2, -0.15) is 0 Å². The molecule has 19 heavy (non-hydrogen) atoms. The minimum absolute atomic E-state index is 0.197. The Bertz CT molecular complexity index is 391. The summed E-state index contributed by atoms with van der Waals surface area (Å²) in [6.45, 7) is 11.1. The Morgan fingerprint density at radius 1 is 1.37 bits per heavy atom. The van der Waals surface area contributed by atoms with Gasteiger partial charge in [-0.1, -0.05) is 0 Å². The predicted molar refractivity (Wildman–Crippen MR) is 74.4 cm³/mol. The van der Waals surface area contributed by atoms with Gasteiger partial charge in [0, 0.05) is 25.2 Å². The number of carboxylic acids is 1. The number of nitrogens with zero attached hydrogens (tertiary/aromatic N) is 1. The zero-order valence-electron chi connectivity index (χ0n) is 12.1. The van der Waals surface area contributed by atoms with Crippen LogP contribution >= 0.6 is 0 Å². The van der Waals surface area contributed by atoms with Gasteiger partial charge in [0.1, 0.15) is 12.0 Å². The highest BCUT2D eigenvalue weighted by atomic mass is 16.4. The zero-order valence-corrected chi connectivity index (χ0v) is 12.1. The molecule has 5 nitrogen and oxygen atoms in total. The van der Waals surface area contributed by atoms with Crippen molar-refractivity contribution < 1.29 is 14.3 Å². The molecule has 0 fully saturated rings. The van der Waals surface area contributed by atoms with Crippen molar-refractivity contribution in [3.63, 3.8) is 0 Å². The van der Waals surface area contributed by atoms with Gasteiger partial charge in [-0.3, -0.25) is 4.90 Å². The maximum absolute atomic E-state index is 10.7. The van der Waals surface area contributed by atoms with Crippen molar-refractivity contribution in [3.05, 3.63) is 23.7 Å². The lowest BCUT2D eigenvalue weighted by Gasteiger charge is -2.30. The third-order valence-corrected chi connectivity index (χ3v) is 3.07. The first-order valence-corrected chi connectivity index (χ1v) is 6.69. The lowest BCUT2D eigenvalue weighted by atomic mass is 10.2. The summed E-state index contributed by atoms with van der Waals surface area (Å²) in [5, 5.41) is 12.0. The number of hydrogen-bond acceptors (Lipinski definition) is 4. The fraction of sp³-hybridized carbons (Fsp3) is 0.643. The lowest BCUT2D eigenvalue weighted by Crippen LogP contribution is -2.41. The van der Waals surface area contributed by atoms with E-state index >= 15 is 0 Å².